The first kappa shape index (κ1) is 13.1. The Labute approximate surface area is 122 Å². The summed E-state index contributed by atoms with van der Waals surface area (Å²) >= 11 is 1.73. The molecule has 3 nitrogen and oxygen atoms in total. The number of nitrogens with one attached hydrogen (secondary N) is 1. The first-order valence-corrected chi connectivity index (χ1v) is 7.62. The van der Waals surface area contributed by atoms with Gasteiger partial charge in [-0.1, -0.05) is 30.3 Å². The second-order valence-electron chi connectivity index (χ2n) is 4.76. The zero-order valence-electron chi connectivity index (χ0n) is 11.7. The van der Waals surface area contributed by atoms with Gasteiger partial charge in [-0.05, 0) is 25.5 Å². The summed E-state index contributed by atoms with van der Waals surface area (Å²) in [7, 11) is 0. The third-order valence-electron chi connectivity index (χ3n) is 3.11. The van der Waals surface area contributed by atoms with Gasteiger partial charge in [0.25, 0.3) is 0 Å². The molecule has 0 aliphatic carbocycles. The Morgan fingerprint density at radius 3 is 2.70 bits per heavy atom. The smallest absolute Gasteiger partial charge is 0.138 e. The standard InChI is InChI=1S/C16H17N3S/c1-3-17-15-13-9-11(2)20-16(13)19-14(18-15)10-12-7-5-4-6-8-12/h4-9H,3,10H2,1-2H3,(H,17,18,19). The lowest BCUT2D eigenvalue weighted by atomic mass is 10.1. The first-order chi connectivity index (χ1) is 9.76. The maximum absolute atomic E-state index is 4.70. The summed E-state index contributed by atoms with van der Waals surface area (Å²) in [6, 6.07) is 12.5. The van der Waals surface area contributed by atoms with Crippen LogP contribution in [0.5, 0.6) is 0 Å². The normalized spacial score (nSPS) is 10.9. The molecule has 102 valence electrons. The van der Waals surface area contributed by atoms with Gasteiger partial charge in [-0.25, -0.2) is 9.97 Å². The van der Waals surface area contributed by atoms with Crippen LogP contribution in [0.15, 0.2) is 36.4 Å². The summed E-state index contributed by atoms with van der Waals surface area (Å²) in [5.74, 6) is 1.83. The Morgan fingerprint density at radius 2 is 1.95 bits per heavy atom. The number of anilines is 1. The largest absolute Gasteiger partial charge is 0.370 e. The Balaban J connectivity index is 2.03. The summed E-state index contributed by atoms with van der Waals surface area (Å²) < 4.78 is 0. The average molecular weight is 283 g/mol. The molecule has 0 amide bonds. The van der Waals surface area contributed by atoms with E-state index in [-0.39, 0.29) is 0 Å². The number of rotatable bonds is 4. The van der Waals surface area contributed by atoms with E-state index >= 15 is 0 Å². The van der Waals surface area contributed by atoms with E-state index in [0.717, 1.165) is 34.8 Å². The minimum atomic E-state index is 0.770. The van der Waals surface area contributed by atoms with Crippen LogP contribution in [0, 0.1) is 6.92 Å². The number of hydrogen-bond acceptors (Lipinski definition) is 4. The molecule has 0 saturated heterocycles. The SMILES string of the molecule is CCNc1nc(Cc2ccccc2)nc2sc(C)cc12. The molecule has 3 rings (SSSR count). The van der Waals surface area contributed by atoms with Crippen LogP contribution in [0.3, 0.4) is 0 Å². The van der Waals surface area contributed by atoms with Crippen molar-refractivity contribution in [2.75, 3.05) is 11.9 Å². The summed E-state index contributed by atoms with van der Waals surface area (Å²) in [6.45, 7) is 5.06. The molecule has 1 N–H and O–H groups in total. The zero-order valence-corrected chi connectivity index (χ0v) is 12.5. The Hall–Kier alpha value is -1.94. The van der Waals surface area contributed by atoms with Gasteiger partial charge in [0.2, 0.25) is 0 Å². The minimum Gasteiger partial charge on any atom is -0.370 e. The van der Waals surface area contributed by atoms with Crippen molar-refractivity contribution in [1.29, 1.82) is 0 Å². The van der Waals surface area contributed by atoms with Crippen molar-refractivity contribution >= 4 is 27.4 Å². The third-order valence-corrected chi connectivity index (χ3v) is 4.06. The fourth-order valence-electron chi connectivity index (χ4n) is 2.25. The van der Waals surface area contributed by atoms with E-state index in [1.54, 1.807) is 11.3 Å². The van der Waals surface area contributed by atoms with Gasteiger partial charge >= 0.3 is 0 Å². The molecule has 2 heterocycles. The Kier molecular flexibility index (Phi) is 3.65. The van der Waals surface area contributed by atoms with Crippen LogP contribution >= 0.6 is 11.3 Å². The van der Waals surface area contributed by atoms with Crippen molar-refractivity contribution in [3.8, 4) is 0 Å². The van der Waals surface area contributed by atoms with Crippen LogP contribution in [-0.4, -0.2) is 16.5 Å². The van der Waals surface area contributed by atoms with Gasteiger partial charge in [0.1, 0.15) is 16.5 Å². The van der Waals surface area contributed by atoms with E-state index in [2.05, 4.69) is 42.3 Å². The van der Waals surface area contributed by atoms with E-state index in [0.29, 0.717) is 0 Å². The molecule has 20 heavy (non-hydrogen) atoms. The number of aromatic nitrogens is 2. The molecule has 0 radical (unpaired) electrons. The quantitative estimate of drug-likeness (QED) is 0.785. The van der Waals surface area contributed by atoms with Crippen LogP contribution in [0.4, 0.5) is 5.82 Å². The number of benzene rings is 1. The van der Waals surface area contributed by atoms with Crippen molar-refractivity contribution < 1.29 is 0 Å². The van der Waals surface area contributed by atoms with E-state index in [4.69, 9.17) is 4.98 Å². The van der Waals surface area contributed by atoms with E-state index in [1.165, 1.54) is 10.4 Å². The van der Waals surface area contributed by atoms with E-state index in [1.807, 2.05) is 18.2 Å². The van der Waals surface area contributed by atoms with Gasteiger partial charge in [0, 0.05) is 17.8 Å². The fourth-order valence-corrected chi connectivity index (χ4v) is 3.14. The van der Waals surface area contributed by atoms with Crippen LogP contribution < -0.4 is 5.32 Å². The molecular formula is C16H17N3S. The molecule has 0 atom stereocenters. The number of nitrogens with zero attached hydrogens (tertiary/aromatic N) is 2. The molecule has 0 aliphatic heterocycles. The number of hydrogen-bond donors (Lipinski definition) is 1. The van der Waals surface area contributed by atoms with E-state index < -0.39 is 0 Å². The second-order valence-corrected chi connectivity index (χ2v) is 5.99. The Morgan fingerprint density at radius 1 is 1.15 bits per heavy atom. The van der Waals surface area contributed by atoms with Gasteiger partial charge in [-0.3, -0.25) is 0 Å². The molecule has 0 saturated carbocycles. The summed E-state index contributed by atoms with van der Waals surface area (Å²) in [4.78, 5) is 11.7. The highest BCUT2D eigenvalue weighted by Gasteiger charge is 2.10. The highest BCUT2D eigenvalue weighted by Crippen LogP contribution is 2.28. The second kappa shape index (κ2) is 5.59. The van der Waals surface area contributed by atoms with Gasteiger partial charge < -0.3 is 5.32 Å². The van der Waals surface area contributed by atoms with Crippen LogP contribution in [0.25, 0.3) is 10.2 Å². The minimum absolute atomic E-state index is 0.770. The maximum Gasteiger partial charge on any atom is 0.138 e. The highest BCUT2D eigenvalue weighted by molar-refractivity contribution is 7.18. The molecule has 0 bridgehead atoms. The molecule has 0 unspecified atom stereocenters. The highest BCUT2D eigenvalue weighted by atomic mass is 32.1. The lowest BCUT2D eigenvalue weighted by Crippen LogP contribution is -2.04. The lowest BCUT2D eigenvalue weighted by molar-refractivity contribution is 0.990. The van der Waals surface area contributed by atoms with Crippen molar-refractivity contribution in [2.45, 2.75) is 20.3 Å². The summed E-state index contributed by atoms with van der Waals surface area (Å²) in [5, 5.41) is 4.48. The molecular weight excluding hydrogens is 266 g/mol. The third kappa shape index (κ3) is 2.65. The predicted molar refractivity (Wildman–Crippen MR) is 85.6 cm³/mol. The molecule has 4 heteroatoms. The number of fused-ring (bicyclic) bond motifs is 1. The fraction of sp³-hybridized carbons (Fsp3) is 0.250. The molecule has 0 fully saturated rings. The molecule has 0 spiro atoms. The predicted octanol–water partition coefficient (Wildman–Crippen LogP) is 4.02. The first-order valence-electron chi connectivity index (χ1n) is 6.81. The lowest BCUT2D eigenvalue weighted by Gasteiger charge is -2.07. The van der Waals surface area contributed by atoms with Gasteiger partial charge in [-0.2, -0.15) is 0 Å². The van der Waals surface area contributed by atoms with Crippen molar-refractivity contribution in [3.63, 3.8) is 0 Å². The number of aryl methyl sites for hydroxylation is 1. The van der Waals surface area contributed by atoms with Gasteiger partial charge in [0.15, 0.2) is 0 Å². The average Bonchev–Trinajstić information content (AvgIpc) is 2.81. The van der Waals surface area contributed by atoms with Gasteiger partial charge in [-0.15, -0.1) is 11.3 Å². The molecule has 1 aromatic carbocycles. The van der Waals surface area contributed by atoms with Crippen molar-refractivity contribution in [1.82, 2.24) is 9.97 Å². The Bertz CT molecular complexity index is 719. The molecule has 2 aromatic heterocycles. The maximum atomic E-state index is 4.70. The summed E-state index contributed by atoms with van der Waals surface area (Å²) in [5.41, 5.74) is 1.24. The zero-order chi connectivity index (χ0) is 13.9. The monoisotopic (exact) mass is 283 g/mol. The topological polar surface area (TPSA) is 37.8 Å². The van der Waals surface area contributed by atoms with Crippen LogP contribution in [0.2, 0.25) is 0 Å². The summed E-state index contributed by atoms with van der Waals surface area (Å²) in [6.07, 6.45) is 0.770. The van der Waals surface area contributed by atoms with Crippen LogP contribution in [0.1, 0.15) is 23.2 Å². The van der Waals surface area contributed by atoms with Crippen molar-refractivity contribution in [2.24, 2.45) is 0 Å². The van der Waals surface area contributed by atoms with E-state index in [9.17, 15) is 0 Å². The molecule has 3 aromatic rings. The molecule has 0 aliphatic rings. The van der Waals surface area contributed by atoms with Crippen molar-refractivity contribution in [3.05, 3.63) is 52.7 Å². The van der Waals surface area contributed by atoms with Crippen LogP contribution in [-0.2, 0) is 6.42 Å². The van der Waals surface area contributed by atoms with Gasteiger partial charge in [0.05, 0.1) is 5.39 Å². The number of thiophene rings is 1.